The predicted molar refractivity (Wildman–Crippen MR) is 124 cm³/mol. The second-order valence-electron chi connectivity index (χ2n) is 6.96. The van der Waals surface area contributed by atoms with Crippen molar-refractivity contribution in [1.82, 2.24) is 9.55 Å². The van der Waals surface area contributed by atoms with E-state index in [1.54, 1.807) is 6.08 Å². The lowest BCUT2D eigenvalue weighted by molar-refractivity contribution is 1.10. The van der Waals surface area contributed by atoms with Gasteiger partial charge in [-0.3, -0.25) is 4.57 Å². The Morgan fingerprint density at radius 3 is 2.41 bits per heavy atom. The van der Waals surface area contributed by atoms with Crippen molar-refractivity contribution in [3.63, 3.8) is 0 Å². The van der Waals surface area contributed by atoms with Gasteiger partial charge in [0.05, 0.1) is 11.0 Å². The van der Waals surface area contributed by atoms with Gasteiger partial charge in [0.25, 0.3) is 0 Å². The van der Waals surface area contributed by atoms with Gasteiger partial charge in [0.2, 0.25) is 0 Å². The van der Waals surface area contributed by atoms with E-state index in [1.807, 2.05) is 18.2 Å². The maximum absolute atomic E-state index is 4.91. The minimum atomic E-state index is 0.907. The summed E-state index contributed by atoms with van der Waals surface area (Å²) >= 11 is 0. The summed E-state index contributed by atoms with van der Waals surface area (Å²) in [5, 5.41) is 0. The first-order valence-electron chi connectivity index (χ1n) is 9.86. The zero-order chi connectivity index (χ0) is 20.1. The van der Waals surface area contributed by atoms with E-state index in [2.05, 4.69) is 97.0 Å². The normalized spacial score (nSPS) is 12.0. The molecule has 0 aliphatic rings. The molecule has 0 N–H and O–H groups in total. The van der Waals surface area contributed by atoms with Crippen molar-refractivity contribution in [2.45, 2.75) is 13.3 Å². The first-order valence-corrected chi connectivity index (χ1v) is 9.86. The molecular formula is C27H24N2. The molecule has 0 fully saturated rings. The van der Waals surface area contributed by atoms with Crippen molar-refractivity contribution in [2.75, 3.05) is 0 Å². The summed E-state index contributed by atoms with van der Waals surface area (Å²) < 4.78 is 2.24. The van der Waals surface area contributed by atoms with Crippen molar-refractivity contribution in [3.8, 4) is 17.1 Å². The molecule has 2 nitrogen and oxygen atoms in total. The number of aromatic nitrogens is 2. The van der Waals surface area contributed by atoms with Crippen molar-refractivity contribution in [1.29, 1.82) is 0 Å². The SMILES string of the molecule is C=C/C=C/C/C=C(\C)c1ccc(-n2c(-c3ccccc3)nc3ccccc32)cc1. The molecule has 0 aliphatic heterocycles. The van der Waals surface area contributed by atoms with E-state index in [1.165, 1.54) is 11.1 Å². The largest absolute Gasteiger partial charge is 0.292 e. The lowest BCUT2D eigenvalue weighted by atomic mass is 10.1. The summed E-state index contributed by atoms with van der Waals surface area (Å²) in [7, 11) is 0. The van der Waals surface area contributed by atoms with Crippen LogP contribution in [0.3, 0.4) is 0 Å². The van der Waals surface area contributed by atoms with Crippen LogP contribution in [0.1, 0.15) is 18.9 Å². The summed E-state index contributed by atoms with van der Waals surface area (Å²) in [6.45, 7) is 5.86. The molecule has 0 saturated heterocycles. The monoisotopic (exact) mass is 376 g/mol. The van der Waals surface area contributed by atoms with Crippen molar-refractivity contribution >= 4 is 16.6 Å². The number of hydrogen-bond acceptors (Lipinski definition) is 1. The summed E-state index contributed by atoms with van der Waals surface area (Å²) in [6.07, 6.45) is 9.02. The molecule has 0 unspecified atom stereocenters. The molecule has 4 aromatic rings. The van der Waals surface area contributed by atoms with Gasteiger partial charge in [0, 0.05) is 11.3 Å². The number of rotatable bonds is 6. The van der Waals surface area contributed by atoms with E-state index in [0.717, 1.165) is 34.5 Å². The van der Waals surface area contributed by atoms with Crippen LogP contribution in [0.25, 0.3) is 33.7 Å². The number of benzene rings is 3. The number of imidazole rings is 1. The molecule has 142 valence electrons. The van der Waals surface area contributed by atoms with Gasteiger partial charge in [-0.25, -0.2) is 4.98 Å². The minimum Gasteiger partial charge on any atom is -0.292 e. The average Bonchev–Trinajstić information content (AvgIpc) is 3.17. The number of nitrogens with zero attached hydrogens (tertiary/aromatic N) is 2. The Bertz CT molecular complexity index is 1180. The molecule has 0 spiro atoms. The van der Waals surface area contributed by atoms with Crippen LogP contribution in [-0.4, -0.2) is 9.55 Å². The van der Waals surface area contributed by atoms with Crippen LogP contribution in [0.2, 0.25) is 0 Å². The Labute approximate surface area is 172 Å². The fourth-order valence-electron chi connectivity index (χ4n) is 3.48. The van der Waals surface area contributed by atoms with E-state index in [4.69, 9.17) is 4.98 Å². The van der Waals surface area contributed by atoms with Crippen LogP contribution in [-0.2, 0) is 0 Å². The van der Waals surface area contributed by atoms with E-state index in [9.17, 15) is 0 Å². The molecule has 4 rings (SSSR count). The zero-order valence-corrected chi connectivity index (χ0v) is 16.6. The molecule has 29 heavy (non-hydrogen) atoms. The van der Waals surface area contributed by atoms with Crippen molar-refractivity contribution in [3.05, 3.63) is 115 Å². The number of hydrogen-bond donors (Lipinski definition) is 0. The number of fused-ring (bicyclic) bond motifs is 1. The summed E-state index contributed by atoms with van der Waals surface area (Å²) in [6, 6.07) is 27.4. The second kappa shape index (κ2) is 8.57. The Hall–Kier alpha value is -3.65. The molecule has 0 bridgehead atoms. The molecule has 1 aromatic heterocycles. The molecule has 0 amide bonds. The molecule has 0 radical (unpaired) electrons. The minimum absolute atomic E-state index is 0.907. The van der Waals surface area contributed by atoms with Gasteiger partial charge in [-0.2, -0.15) is 0 Å². The van der Waals surface area contributed by atoms with Gasteiger partial charge in [-0.05, 0) is 48.7 Å². The highest BCUT2D eigenvalue weighted by Crippen LogP contribution is 2.29. The average molecular weight is 377 g/mol. The third-order valence-corrected chi connectivity index (χ3v) is 5.01. The summed E-state index contributed by atoms with van der Waals surface area (Å²) in [5.74, 6) is 0.960. The van der Waals surface area contributed by atoms with Crippen LogP contribution in [0.5, 0.6) is 0 Å². The van der Waals surface area contributed by atoms with Crippen LogP contribution < -0.4 is 0 Å². The van der Waals surface area contributed by atoms with Gasteiger partial charge in [-0.1, -0.05) is 85.5 Å². The third kappa shape index (κ3) is 3.97. The highest BCUT2D eigenvalue weighted by molar-refractivity contribution is 5.83. The molecule has 0 aliphatic carbocycles. The first-order chi connectivity index (χ1) is 14.3. The Balaban J connectivity index is 1.75. The first kappa shape index (κ1) is 18.7. The maximum atomic E-state index is 4.91. The summed E-state index contributed by atoms with van der Waals surface area (Å²) in [5.41, 5.74) is 6.83. The zero-order valence-electron chi connectivity index (χ0n) is 16.6. The topological polar surface area (TPSA) is 17.8 Å². The molecule has 2 heteroatoms. The smallest absolute Gasteiger partial charge is 0.145 e. The van der Waals surface area contributed by atoms with Gasteiger partial charge in [0.1, 0.15) is 5.82 Å². The number of para-hydroxylation sites is 2. The van der Waals surface area contributed by atoms with Gasteiger partial charge < -0.3 is 0 Å². The molecule has 3 aromatic carbocycles. The van der Waals surface area contributed by atoms with E-state index in [0.29, 0.717) is 0 Å². The lowest BCUT2D eigenvalue weighted by Crippen LogP contribution is -1.97. The van der Waals surface area contributed by atoms with Gasteiger partial charge in [-0.15, -0.1) is 0 Å². The highest BCUT2D eigenvalue weighted by Gasteiger charge is 2.13. The predicted octanol–water partition coefficient (Wildman–Crippen LogP) is 7.23. The fourth-order valence-corrected chi connectivity index (χ4v) is 3.48. The molecular weight excluding hydrogens is 352 g/mol. The van der Waals surface area contributed by atoms with Gasteiger partial charge >= 0.3 is 0 Å². The Morgan fingerprint density at radius 2 is 1.66 bits per heavy atom. The lowest BCUT2D eigenvalue weighted by Gasteiger charge is -2.11. The Morgan fingerprint density at radius 1 is 0.931 bits per heavy atom. The third-order valence-electron chi connectivity index (χ3n) is 5.01. The van der Waals surface area contributed by atoms with Crippen LogP contribution in [0.4, 0.5) is 0 Å². The van der Waals surface area contributed by atoms with Crippen LogP contribution in [0.15, 0.2) is 110 Å². The van der Waals surface area contributed by atoms with E-state index in [-0.39, 0.29) is 0 Å². The van der Waals surface area contributed by atoms with Crippen LogP contribution in [0, 0.1) is 0 Å². The molecule has 1 heterocycles. The van der Waals surface area contributed by atoms with Crippen LogP contribution >= 0.6 is 0 Å². The fraction of sp³-hybridized carbons (Fsp3) is 0.0741. The molecule has 0 atom stereocenters. The highest BCUT2D eigenvalue weighted by atomic mass is 15.1. The Kier molecular flexibility index (Phi) is 5.53. The van der Waals surface area contributed by atoms with E-state index >= 15 is 0 Å². The standard InChI is InChI=1S/C27H24N2/c1-3-4-5-7-12-21(2)22-17-19-24(20-18-22)29-26-16-11-10-15-25(26)28-27(29)23-13-8-6-9-14-23/h3-6,8-20H,1,7H2,2H3/b5-4+,21-12+. The molecule has 0 saturated carbocycles. The van der Waals surface area contributed by atoms with Gasteiger partial charge in [0.15, 0.2) is 0 Å². The van der Waals surface area contributed by atoms with E-state index < -0.39 is 0 Å². The van der Waals surface area contributed by atoms with Crippen molar-refractivity contribution in [2.24, 2.45) is 0 Å². The number of allylic oxidation sites excluding steroid dienone is 5. The summed E-state index contributed by atoms with van der Waals surface area (Å²) in [4.78, 5) is 4.91. The second-order valence-corrected chi connectivity index (χ2v) is 6.96. The quantitative estimate of drug-likeness (QED) is 0.325. The van der Waals surface area contributed by atoms with Crippen molar-refractivity contribution < 1.29 is 0 Å². The maximum Gasteiger partial charge on any atom is 0.145 e.